The predicted molar refractivity (Wildman–Crippen MR) is 63.1 cm³/mol. The number of aromatic nitrogens is 1. The van der Waals surface area contributed by atoms with Gasteiger partial charge in [0, 0.05) is 10.9 Å². The highest BCUT2D eigenvalue weighted by Crippen LogP contribution is 2.34. The number of fused-ring (bicyclic) bond motifs is 3. The molecular formula is C13H11NO3. The Balaban J connectivity index is 2.14. The van der Waals surface area contributed by atoms with E-state index in [4.69, 9.17) is 9.15 Å². The topological polar surface area (TPSA) is 55.2 Å². The van der Waals surface area contributed by atoms with E-state index in [9.17, 15) is 4.79 Å². The van der Waals surface area contributed by atoms with Gasteiger partial charge in [-0.1, -0.05) is 0 Å². The number of nitrogens with one attached hydrogen (secondary N) is 1. The van der Waals surface area contributed by atoms with Crippen molar-refractivity contribution in [1.82, 2.24) is 4.98 Å². The van der Waals surface area contributed by atoms with Crippen molar-refractivity contribution in [2.45, 2.75) is 6.92 Å². The lowest BCUT2D eigenvalue weighted by Crippen LogP contribution is -2.04. The van der Waals surface area contributed by atoms with Crippen LogP contribution in [0.15, 0.2) is 34.9 Å². The molecule has 4 nitrogen and oxygen atoms in total. The van der Waals surface area contributed by atoms with E-state index in [-0.39, 0.29) is 5.97 Å². The highest BCUT2D eigenvalue weighted by molar-refractivity contribution is 6.03. The van der Waals surface area contributed by atoms with Crippen LogP contribution in [0.5, 0.6) is 0 Å². The molecule has 0 bridgehead atoms. The molecule has 1 aliphatic carbocycles. The van der Waals surface area contributed by atoms with Gasteiger partial charge in [-0.15, -0.1) is 0 Å². The first-order valence-electron chi connectivity index (χ1n) is 5.45. The average molecular weight is 229 g/mol. The van der Waals surface area contributed by atoms with Gasteiger partial charge in [0.15, 0.2) is 0 Å². The van der Waals surface area contributed by atoms with Crippen molar-refractivity contribution in [3.05, 3.63) is 36.2 Å². The maximum absolute atomic E-state index is 11.6. The third kappa shape index (κ3) is 1.49. The fraction of sp³-hybridized carbons (Fsp3) is 0.154. The van der Waals surface area contributed by atoms with Crippen LogP contribution < -0.4 is 0 Å². The zero-order valence-electron chi connectivity index (χ0n) is 9.32. The maximum atomic E-state index is 11.6. The summed E-state index contributed by atoms with van der Waals surface area (Å²) in [4.78, 5) is 14.6. The number of rotatable bonds is 2. The first-order valence-corrected chi connectivity index (χ1v) is 5.45. The van der Waals surface area contributed by atoms with Crippen LogP contribution in [0.2, 0.25) is 0 Å². The number of carbonyl (C=O) groups is 1. The van der Waals surface area contributed by atoms with Gasteiger partial charge >= 0.3 is 5.97 Å². The Morgan fingerprint density at radius 3 is 3.18 bits per heavy atom. The Hall–Kier alpha value is -2.23. The van der Waals surface area contributed by atoms with Gasteiger partial charge in [0.2, 0.25) is 0 Å². The Morgan fingerprint density at radius 2 is 2.35 bits per heavy atom. The monoisotopic (exact) mass is 229 g/mol. The van der Waals surface area contributed by atoms with Crippen molar-refractivity contribution in [3.63, 3.8) is 0 Å². The summed E-state index contributed by atoms with van der Waals surface area (Å²) in [6.45, 7) is 2.15. The first-order chi connectivity index (χ1) is 8.29. The second-order valence-electron chi connectivity index (χ2n) is 3.77. The molecule has 0 unspecified atom stereocenters. The maximum Gasteiger partial charge on any atom is 0.354 e. The van der Waals surface area contributed by atoms with Crippen molar-refractivity contribution < 1.29 is 13.9 Å². The smallest absolute Gasteiger partial charge is 0.354 e. The largest absolute Gasteiger partial charge is 0.464 e. The summed E-state index contributed by atoms with van der Waals surface area (Å²) in [6.07, 6.45) is 1.62. The molecule has 0 aromatic carbocycles. The van der Waals surface area contributed by atoms with E-state index in [2.05, 4.69) is 4.98 Å². The fourth-order valence-electron chi connectivity index (χ4n) is 1.97. The quantitative estimate of drug-likeness (QED) is 0.687. The third-order valence-corrected chi connectivity index (χ3v) is 2.69. The molecule has 0 radical (unpaired) electrons. The van der Waals surface area contributed by atoms with Gasteiger partial charge < -0.3 is 14.1 Å². The van der Waals surface area contributed by atoms with Crippen molar-refractivity contribution in [3.8, 4) is 11.3 Å². The predicted octanol–water partition coefficient (Wildman–Crippen LogP) is 3.04. The molecule has 1 aromatic rings. The standard InChI is InChI=1S/C13H11NO3/c1-2-16-13(15)11-7-9-10(14-11)6-8-4-3-5-17-12(8)9/h3-7,14H,2H2,1H3. The number of ether oxygens (including phenoxy) is 1. The summed E-state index contributed by atoms with van der Waals surface area (Å²) in [7, 11) is 0. The molecule has 0 fully saturated rings. The molecule has 3 rings (SSSR count). The van der Waals surface area contributed by atoms with Gasteiger partial charge in [-0.2, -0.15) is 0 Å². The van der Waals surface area contributed by atoms with Gasteiger partial charge in [0.25, 0.3) is 0 Å². The molecule has 2 heterocycles. The van der Waals surface area contributed by atoms with Crippen LogP contribution in [-0.4, -0.2) is 17.6 Å². The van der Waals surface area contributed by atoms with Gasteiger partial charge in [-0.25, -0.2) is 4.79 Å². The molecule has 0 saturated carbocycles. The van der Waals surface area contributed by atoms with E-state index in [0.717, 1.165) is 22.2 Å². The van der Waals surface area contributed by atoms with Crippen molar-refractivity contribution in [2.24, 2.45) is 0 Å². The van der Waals surface area contributed by atoms with E-state index in [1.165, 1.54) is 0 Å². The van der Waals surface area contributed by atoms with Gasteiger partial charge in [-0.3, -0.25) is 0 Å². The second kappa shape index (κ2) is 3.66. The number of aromatic amines is 1. The normalized spacial score (nSPS) is 11.1. The minimum Gasteiger partial charge on any atom is -0.464 e. The molecule has 0 atom stereocenters. The van der Waals surface area contributed by atoms with Crippen LogP contribution in [0.25, 0.3) is 22.2 Å². The molecule has 1 N–H and O–H groups in total. The molecule has 1 aliphatic heterocycles. The number of hydrogen-bond acceptors (Lipinski definition) is 3. The van der Waals surface area contributed by atoms with Gasteiger partial charge in [0.05, 0.1) is 18.4 Å². The lowest BCUT2D eigenvalue weighted by atomic mass is 10.2. The van der Waals surface area contributed by atoms with Crippen LogP contribution in [0.4, 0.5) is 0 Å². The minimum atomic E-state index is -0.340. The Labute approximate surface area is 97.5 Å². The lowest BCUT2D eigenvalue weighted by Gasteiger charge is -1.98. The van der Waals surface area contributed by atoms with Gasteiger partial charge in [-0.05, 0) is 31.2 Å². The highest BCUT2D eigenvalue weighted by Gasteiger charge is 2.17. The van der Waals surface area contributed by atoms with Gasteiger partial charge in [0.1, 0.15) is 11.5 Å². The zero-order valence-corrected chi connectivity index (χ0v) is 9.32. The van der Waals surface area contributed by atoms with Crippen LogP contribution in [-0.2, 0) is 4.74 Å². The average Bonchev–Trinajstić information content (AvgIpc) is 2.86. The SMILES string of the molecule is CCOC(=O)c1cc2c3occcc-3cc2[nH]1. The molecule has 0 saturated heterocycles. The summed E-state index contributed by atoms with van der Waals surface area (Å²) in [5.41, 5.74) is 2.36. The van der Waals surface area contributed by atoms with E-state index in [1.54, 1.807) is 19.3 Å². The molecule has 0 spiro atoms. The number of carbonyl (C=O) groups excluding carboxylic acids is 1. The number of H-pyrrole nitrogens is 1. The zero-order chi connectivity index (χ0) is 11.8. The molecule has 4 heteroatoms. The van der Waals surface area contributed by atoms with E-state index < -0.39 is 0 Å². The number of esters is 1. The van der Waals surface area contributed by atoms with E-state index in [1.807, 2.05) is 18.2 Å². The van der Waals surface area contributed by atoms with E-state index in [0.29, 0.717) is 12.3 Å². The summed E-state index contributed by atoms with van der Waals surface area (Å²) < 4.78 is 10.4. The molecule has 0 amide bonds. The molecule has 2 aliphatic rings. The number of hydrogen-bond donors (Lipinski definition) is 1. The Bertz CT molecular complexity index is 650. The minimum absolute atomic E-state index is 0.340. The molecule has 86 valence electrons. The van der Waals surface area contributed by atoms with Crippen LogP contribution in [0, 0.1) is 0 Å². The van der Waals surface area contributed by atoms with Crippen LogP contribution >= 0.6 is 0 Å². The first kappa shape index (κ1) is 9.96. The molecule has 1 aromatic heterocycles. The third-order valence-electron chi connectivity index (χ3n) is 2.69. The fourth-order valence-corrected chi connectivity index (χ4v) is 1.97. The summed E-state index contributed by atoms with van der Waals surface area (Å²) in [6, 6.07) is 7.53. The summed E-state index contributed by atoms with van der Waals surface area (Å²) >= 11 is 0. The molecular weight excluding hydrogens is 218 g/mol. The van der Waals surface area contributed by atoms with Crippen molar-refractivity contribution in [1.29, 1.82) is 0 Å². The summed E-state index contributed by atoms with van der Waals surface area (Å²) in [5.74, 6) is 0.446. The van der Waals surface area contributed by atoms with Crippen LogP contribution in [0.1, 0.15) is 17.4 Å². The second-order valence-corrected chi connectivity index (χ2v) is 3.77. The van der Waals surface area contributed by atoms with Crippen molar-refractivity contribution >= 4 is 16.9 Å². The Morgan fingerprint density at radius 1 is 1.47 bits per heavy atom. The Kier molecular flexibility index (Phi) is 2.14. The summed E-state index contributed by atoms with van der Waals surface area (Å²) in [5, 5.41) is 0.906. The highest BCUT2D eigenvalue weighted by atomic mass is 16.5. The van der Waals surface area contributed by atoms with Crippen molar-refractivity contribution in [2.75, 3.05) is 6.61 Å². The molecule has 17 heavy (non-hydrogen) atoms. The lowest BCUT2D eigenvalue weighted by molar-refractivity contribution is 0.0520. The van der Waals surface area contributed by atoms with Crippen LogP contribution in [0.3, 0.4) is 0 Å². The van der Waals surface area contributed by atoms with E-state index >= 15 is 0 Å².